The number of hydrogen-bond acceptors (Lipinski definition) is 4. The summed E-state index contributed by atoms with van der Waals surface area (Å²) >= 11 is 1.65. The molecule has 0 spiro atoms. The summed E-state index contributed by atoms with van der Waals surface area (Å²) in [5.41, 5.74) is 0. The average molecular weight is 295 g/mol. The first-order chi connectivity index (χ1) is 9.58. The van der Waals surface area contributed by atoms with Crippen molar-refractivity contribution in [1.82, 2.24) is 4.90 Å². The van der Waals surface area contributed by atoms with Crippen LogP contribution in [0.5, 0.6) is 0 Å². The van der Waals surface area contributed by atoms with E-state index in [0.29, 0.717) is 6.04 Å². The van der Waals surface area contributed by atoms with Crippen molar-refractivity contribution in [2.45, 2.75) is 39.0 Å². The molecule has 0 amide bonds. The summed E-state index contributed by atoms with van der Waals surface area (Å²) in [6.45, 7) is 6.96. The van der Waals surface area contributed by atoms with E-state index in [1.807, 2.05) is 6.07 Å². The first-order valence-corrected chi connectivity index (χ1v) is 7.75. The van der Waals surface area contributed by atoms with Gasteiger partial charge >= 0.3 is 5.97 Å². The first-order valence-electron chi connectivity index (χ1n) is 6.94. The van der Waals surface area contributed by atoms with Crippen molar-refractivity contribution in [2.75, 3.05) is 13.2 Å². The van der Waals surface area contributed by atoms with Gasteiger partial charge in [-0.15, -0.1) is 11.3 Å². The Morgan fingerprint density at radius 2 is 2.40 bits per heavy atom. The second-order valence-electron chi connectivity index (χ2n) is 5.11. The lowest BCUT2D eigenvalue weighted by molar-refractivity contribution is -0.131. The number of rotatable bonds is 5. The molecule has 1 aromatic rings. The molecular weight excluding hydrogens is 274 g/mol. The van der Waals surface area contributed by atoms with Crippen LogP contribution in [0.1, 0.15) is 30.0 Å². The van der Waals surface area contributed by atoms with Gasteiger partial charge in [-0.25, -0.2) is 4.79 Å². The van der Waals surface area contributed by atoms with Gasteiger partial charge in [0, 0.05) is 35.0 Å². The Labute approximate surface area is 123 Å². The smallest absolute Gasteiger partial charge is 0.328 e. The third-order valence-electron chi connectivity index (χ3n) is 3.48. The number of ether oxygens (including phenoxy) is 1. The van der Waals surface area contributed by atoms with Crippen LogP contribution in [0, 0.1) is 0 Å². The molecule has 0 bridgehead atoms. The lowest BCUT2D eigenvalue weighted by Gasteiger charge is -2.38. The normalized spacial score (nSPS) is 24.3. The zero-order valence-electron chi connectivity index (χ0n) is 11.9. The van der Waals surface area contributed by atoms with E-state index in [9.17, 15) is 4.79 Å². The van der Waals surface area contributed by atoms with Gasteiger partial charge in [-0.3, -0.25) is 4.90 Å². The van der Waals surface area contributed by atoms with Gasteiger partial charge in [0.15, 0.2) is 0 Å². The first kappa shape index (κ1) is 15.2. The zero-order chi connectivity index (χ0) is 14.5. The average Bonchev–Trinajstić information content (AvgIpc) is 2.84. The molecule has 2 heterocycles. The summed E-state index contributed by atoms with van der Waals surface area (Å²) in [5.74, 6) is -0.909. The Balaban J connectivity index is 1.99. The van der Waals surface area contributed by atoms with Gasteiger partial charge in [0.25, 0.3) is 0 Å². The van der Waals surface area contributed by atoms with Gasteiger partial charge < -0.3 is 9.84 Å². The van der Waals surface area contributed by atoms with E-state index in [0.717, 1.165) is 31.0 Å². The van der Waals surface area contributed by atoms with Gasteiger partial charge in [-0.1, -0.05) is 6.92 Å². The highest BCUT2D eigenvalue weighted by Gasteiger charge is 2.25. The van der Waals surface area contributed by atoms with E-state index in [-0.39, 0.29) is 6.10 Å². The van der Waals surface area contributed by atoms with Crippen molar-refractivity contribution in [2.24, 2.45) is 0 Å². The molecule has 1 aromatic heterocycles. The number of nitrogens with zero attached hydrogens (tertiary/aromatic N) is 1. The van der Waals surface area contributed by atoms with Crippen LogP contribution in [-0.4, -0.2) is 41.3 Å². The second kappa shape index (κ2) is 7.02. The van der Waals surface area contributed by atoms with Crippen LogP contribution in [0.15, 0.2) is 18.2 Å². The molecule has 1 fully saturated rings. The summed E-state index contributed by atoms with van der Waals surface area (Å²) in [7, 11) is 0. The number of carbonyl (C=O) groups is 1. The Bertz CT molecular complexity index is 483. The fourth-order valence-corrected chi connectivity index (χ4v) is 3.35. The molecule has 2 rings (SSSR count). The minimum Gasteiger partial charge on any atom is -0.478 e. The summed E-state index contributed by atoms with van der Waals surface area (Å²) in [6.07, 6.45) is 4.20. The maximum atomic E-state index is 10.5. The quantitative estimate of drug-likeness (QED) is 0.849. The van der Waals surface area contributed by atoms with E-state index in [4.69, 9.17) is 9.84 Å². The van der Waals surface area contributed by atoms with Gasteiger partial charge in [0.1, 0.15) is 0 Å². The number of morpholine rings is 1. The summed E-state index contributed by atoms with van der Waals surface area (Å²) in [6, 6.07) is 4.54. The van der Waals surface area contributed by atoms with Crippen LogP contribution in [0.25, 0.3) is 6.08 Å². The minimum absolute atomic E-state index is 0.282. The molecule has 1 aliphatic heterocycles. The largest absolute Gasteiger partial charge is 0.478 e. The van der Waals surface area contributed by atoms with E-state index in [1.165, 1.54) is 11.0 Å². The van der Waals surface area contributed by atoms with Crippen LogP contribution in [0.2, 0.25) is 0 Å². The van der Waals surface area contributed by atoms with Crippen molar-refractivity contribution >= 4 is 23.4 Å². The molecule has 1 N–H and O–H groups in total. The van der Waals surface area contributed by atoms with Crippen molar-refractivity contribution < 1.29 is 14.6 Å². The van der Waals surface area contributed by atoms with Crippen LogP contribution < -0.4 is 0 Å². The van der Waals surface area contributed by atoms with Crippen LogP contribution in [0.4, 0.5) is 0 Å². The number of aliphatic carboxylic acids is 1. The van der Waals surface area contributed by atoms with E-state index in [1.54, 1.807) is 17.4 Å². The number of hydrogen-bond donors (Lipinski definition) is 1. The van der Waals surface area contributed by atoms with Crippen molar-refractivity contribution in [3.63, 3.8) is 0 Å². The second-order valence-corrected chi connectivity index (χ2v) is 6.31. The van der Waals surface area contributed by atoms with Crippen molar-refractivity contribution in [3.05, 3.63) is 28.0 Å². The maximum absolute atomic E-state index is 10.5. The predicted molar refractivity (Wildman–Crippen MR) is 80.9 cm³/mol. The van der Waals surface area contributed by atoms with E-state index < -0.39 is 5.97 Å². The van der Waals surface area contributed by atoms with Gasteiger partial charge in [-0.05, 0) is 31.6 Å². The molecule has 0 aliphatic carbocycles. The van der Waals surface area contributed by atoms with Crippen LogP contribution in [0.3, 0.4) is 0 Å². The fourth-order valence-electron chi connectivity index (χ4n) is 2.41. The third-order valence-corrected chi connectivity index (χ3v) is 4.52. The number of thiophene rings is 1. The lowest BCUT2D eigenvalue weighted by Crippen LogP contribution is -2.47. The fraction of sp³-hybridized carbons (Fsp3) is 0.533. The third kappa shape index (κ3) is 4.16. The number of carboxylic acid groups (broad SMARTS) is 1. The topological polar surface area (TPSA) is 49.8 Å². The molecule has 2 atom stereocenters. The zero-order valence-corrected chi connectivity index (χ0v) is 12.7. The molecule has 2 unspecified atom stereocenters. The molecule has 20 heavy (non-hydrogen) atoms. The highest BCUT2D eigenvalue weighted by atomic mass is 32.1. The molecule has 0 radical (unpaired) electrons. The highest BCUT2D eigenvalue weighted by Crippen LogP contribution is 2.23. The monoisotopic (exact) mass is 295 g/mol. The van der Waals surface area contributed by atoms with Crippen molar-refractivity contribution in [3.8, 4) is 0 Å². The van der Waals surface area contributed by atoms with Crippen LogP contribution in [-0.2, 0) is 16.1 Å². The molecule has 1 aliphatic rings. The van der Waals surface area contributed by atoms with Gasteiger partial charge in [0.05, 0.1) is 12.7 Å². The minimum atomic E-state index is -0.909. The highest BCUT2D eigenvalue weighted by molar-refractivity contribution is 7.12. The van der Waals surface area contributed by atoms with Gasteiger partial charge in [0.2, 0.25) is 0 Å². The Morgan fingerprint density at radius 3 is 3.10 bits per heavy atom. The molecule has 4 nitrogen and oxygen atoms in total. The summed E-state index contributed by atoms with van der Waals surface area (Å²) in [5, 5.41) is 8.63. The Hall–Kier alpha value is -1.17. The molecule has 0 saturated carbocycles. The van der Waals surface area contributed by atoms with Crippen LogP contribution >= 0.6 is 11.3 Å². The molecule has 5 heteroatoms. The molecule has 110 valence electrons. The summed E-state index contributed by atoms with van der Waals surface area (Å²) < 4.78 is 5.70. The maximum Gasteiger partial charge on any atom is 0.328 e. The SMILES string of the molecule is CCC1COC(C)CN1Cc1ccc(C=CC(=O)O)s1. The van der Waals surface area contributed by atoms with Gasteiger partial charge in [-0.2, -0.15) is 0 Å². The summed E-state index contributed by atoms with van der Waals surface area (Å²) in [4.78, 5) is 15.2. The van der Waals surface area contributed by atoms with E-state index >= 15 is 0 Å². The Kier molecular flexibility index (Phi) is 5.34. The lowest BCUT2D eigenvalue weighted by atomic mass is 10.1. The standard InChI is InChI=1S/C15H21NO3S/c1-3-12-10-19-11(2)8-16(12)9-14-5-4-13(20-14)6-7-15(17)18/h4-7,11-12H,3,8-10H2,1-2H3,(H,17,18). The molecule has 1 saturated heterocycles. The van der Waals surface area contributed by atoms with E-state index in [2.05, 4.69) is 24.8 Å². The Morgan fingerprint density at radius 1 is 1.60 bits per heavy atom. The van der Waals surface area contributed by atoms with Crippen molar-refractivity contribution in [1.29, 1.82) is 0 Å². The molecular formula is C15H21NO3S. The number of carboxylic acids is 1. The predicted octanol–water partition coefficient (Wildman–Crippen LogP) is 2.85. The molecule has 0 aromatic carbocycles.